The van der Waals surface area contributed by atoms with Crippen LogP contribution >= 0.6 is 7.81 Å². The van der Waals surface area contributed by atoms with Gasteiger partial charge in [0, 0.05) is 0 Å². The summed E-state index contributed by atoms with van der Waals surface area (Å²) >= 11 is 0.347. The second kappa shape index (κ2) is 8.59. The summed E-state index contributed by atoms with van der Waals surface area (Å²) in [7, 11) is -6.37. The first-order chi connectivity index (χ1) is 17.2. The van der Waals surface area contributed by atoms with Gasteiger partial charge in [-0.2, -0.15) is 0 Å². The molecule has 4 aliphatic rings. The third kappa shape index (κ3) is 6.05. The van der Waals surface area contributed by atoms with Crippen LogP contribution in [-0.2, 0) is 12.8 Å². The zero-order valence-electron chi connectivity index (χ0n) is 20.5. The maximum atomic E-state index is 9.87. The Morgan fingerprint density at radius 3 is 2.14 bits per heavy atom. The van der Waals surface area contributed by atoms with Gasteiger partial charge in [0.15, 0.2) is 0 Å². The number of aryl methyl sites for hydroxylation is 2. The monoisotopic (exact) mass is 604 g/mol. The van der Waals surface area contributed by atoms with E-state index in [-0.39, 0.29) is 0 Å². The van der Waals surface area contributed by atoms with Gasteiger partial charge in [-0.25, -0.2) is 0 Å². The van der Waals surface area contributed by atoms with Gasteiger partial charge in [-0.3, -0.25) is 0 Å². The number of hydrogen-bond donors (Lipinski definition) is 0. The molecule has 3 aliphatic heterocycles. The summed E-state index contributed by atoms with van der Waals surface area (Å²) < 4.78 is 64.6. The van der Waals surface area contributed by atoms with Crippen LogP contribution in [-0.4, -0.2) is 41.7 Å². The topological polar surface area (TPSA) is 6.25 Å². The molecule has 2 nitrogen and oxygen atoms in total. The molecule has 198 valence electrons. The van der Waals surface area contributed by atoms with E-state index >= 15 is 0 Å². The van der Waals surface area contributed by atoms with Gasteiger partial charge >= 0.3 is 217 Å². The molecule has 0 spiro atoms. The van der Waals surface area contributed by atoms with E-state index < -0.39 is 7.81 Å². The average Bonchev–Trinajstić information content (AvgIpc) is 2.81. The number of fused-ring (bicyclic) bond motifs is 3. The molecular formula is C27H27F6N2PSe. The molecule has 10 heteroatoms. The van der Waals surface area contributed by atoms with Crippen LogP contribution in [0, 0.1) is 0 Å². The quantitative estimate of drug-likeness (QED) is 0.0709. The summed E-state index contributed by atoms with van der Waals surface area (Å²) in [6, 6.07) is 20.7. The van der Waals surface area contributed by atoms with Crippen molar-refractivity contribution in [2.75, 3.05) is 32.1 Å². The molecule has 6 rings (SSSR count). The number of nitrogens with zero attached hydrogens (tertiary/aromatic N) is 2. The second-order valence-corrected chi connectivity index (χ2v) is 13.9. The first kappa shape index (κ1) is 26.3. The molecule has 0 amide bonds. The van der Waals surface area contributed by atoms with E-state index in [4.69, 9.17) is 0 Å². The van der Waals surface area contributed by atoms with E-state index in [1.807, 2.05) is 0 Å². The van der Waals surface area contributed by atoms with Crippen LogP contribution in [0.2, 0.25) is 0 Å². The van der Waals surface area contributed by atoms with E-state index in [2.05, 4.69) is 78.2 Å². The molecular weight excluding hydrogens is 576 g/mol. The van der Waals surface area contributed by atoms with Crippen LogP contribution in [0.3, 0.4) is 0 Å². The van der Waals surface area contributed by atoms with Gasteiger partial charge in [-0.1, -0.05) is 0 Å². The summed E-state index contributed by atoms with van der Waals surface area (Å²) in [6.45, 7) is 2.48. The zero-order chi connectivity index (χ0) is 26.7. The number of rotatable bonds is 1. The Kier molecular flexibility index (Phi) is 6.10. The maximum absolute atomic E-state index is 10.7. The summed E-state index contributed by atoms with van der Waals surface area (Å²) in [6.07, 6.45) is 5.06. The summed E-state index contributed by atoms with van der Waals surface area (Å²) in [5.74, 6) is 0. The molecule has 0 aromatic heterocycles. The predicted octanol–water partition coefficient (Wildman–Crippen LogP) is 7.78. The Morgan fingerprint density at radius 1 is 0.838 bits per heavy atom. The molecule has 0 bridgehead atoms. The molecule has 0 saturated carbocycles. The van der Waals surface area contributed by atoms with Gasteiger partial charge in [-0.15, -0.1) is 0 Å². The number of halogens is 6. The first-order valence-electron chi connectivity index (χ1n) is 12.1. The molecule has 0 fully saturated rings. The fourth-order valence-electron chi connectivity index (χ4n) is 5.38. The standard InChI is InChI=1S/C27H27N2Se.F6P/c1-28(2)20-12-13-21-24(17-20)30-27-22-11-7-15-29-14-6-10-19(26(22)29)16-23(27)25(21)18-8-4-3-5-9-18;1-7(2,3,4,5)6/h3-5,8-9,12-13,16-17H,6-7,10-11,14-15H2,1-2H3;/q+1;-1. The fraction of sp³-hybridized carbons (Fsp3) is 0.296. The van der Waals surface area contributed by atoms with E-state index in [0.29, 0.717) is 14.5 Å². The van der Waals surface area contributed by atoms with E-state index in [1.54, 1.807) is 21.1 Å². The van der Waals surface area contributed by atoms with E-state index in [1.165, 1.54) is 70.6 Å². The van der Waals surface area contributed by atoms with Crippen molar-refractivity contribution in [3.8, 4) is 21.1 Å². The van der Waals surface area contributed by atoms with Gasteiger partial charge in [0.05, 0.1) is 0 Å². The Bertz CT molecular complexity index is 1530. The number of anilines is 1. The van der Waals surface area contributed by atoms with Gasteiger partial charge in [0.2, 0.25) is 0 Å². The Labute approximate surface area is 217 Å². The molecule has 0 N–H and O–H groups in total. The average molecular weight is 603 g/mol. The van der Waals surface area contributed by atoms with Crippen LogP contribution in [0.15, 0.2) is 54.6 Å². The van der Waals surface area contributed by atoms with Crippen LogP contribution in [0.4, 0.5) is 30.9 Å². The third-order valence-corrected chi connectivity index (χ3v) is 9.34. The molecule has 0 saturated heterocycles. The predicted molar refractivity (Wildman–Crippen MR) is 142 cm³/mol. The normalized spacial score (nSPS) is 16.9. The van der Waals surface area contributed by atoms with Gasteiger partial charge < -0.3 is 0 Å². The molecule has 37 heavy (non-hydrogen) atoms. The summed E-state index contributed by atoms with van der Waals surface area (Å²) in [4.78, 5) is 2.68. The van der Waals surface area contributed by atoms with Crippen LogP contribution < -0.4 is 14.8 Å². The molecule has 0 radical (unpaired) electrons. The first-order valence-corrected chi connectivity index (χ1v) is 15.8. The number of benzene rings is 3. The second-order valence-electron chi connectivity index (χ2n) is 9.81. The van der Waals surface area contributed by atoms with Crippen molar-refractivity contribution in [2.45, 2.75) is 25.7 Å². The van der Waals surface area contributed by atoms with E-state index in [0.717, 1.165) is 0 Å². The SMILES string of the molecule is C[N+](C)=c1ccc2c(-c3ccccc3)c3cc4c5c(c3[se]c-2c1)CCCN5CCC4.F[P-](F)(F)(F)(F)F. The van der Waals surface area contributed by atoms with Crippen molar-refractivity contribution in [2.24, 2.45) is 0 Å². The molecule has 2 aromatic rings. The fourth-order valence-corrected chi connectivity index (χ4v) is 8.05. The molecule has 3 heterocycles. The number of hydrogen-bond acceptors (Lipinski definition) is 1. The Hall–Kier alpha value is -2.34. The van der Waals surface area contributed by atoms with Crippen LogP contribution in [0.1, 0.15) is 24.0 Å². The van der Waals surface area contributed by atoms with Gasteiger partial charge in [-0.05, 0) is 0 Å². The molecule has 1 aliphatic carbocycles. The van der Waals surface area contributed by atoms with E-state index in [9.17, 15) is 25.2 Å². The molecule has 2 aromatic carbocycles. The summed E-state index contributed by atoms with van der Waals surface area (Å²) in [5, 5.41) is 2.82. The Balaban J connectivity index is 0.000000355. The van der Waals surface area contributed by atoms with Crippen molar-refractivity contribution in [1.29, 1.82) is 0 Å². The third-order valence-electron chi connectivity index (χ3n) is 6.77. The van der Waals surface area contributed by atoms with Crippen molar-refractivity contribution in [1.82, 2.24) is 4.58 Å². The van der Waals surface area contributed by atoms with Gasteiger partial charge in [0.1, 0.15) is 0 Å². The van der Waals surface area contributed by atoms with Crippen molar-refractivity contribution in [3.63, 3.8) is 0 Å². The van der Waals surface area contributed by atoms with Crippen molar-refractivity contribution in [3.05, 3.63) is 71.1 Å². The van der Waals surface area contributed by atoms with Gasteiger partial charge in [0.25, 0.3) is 0 Å². The van der Waals surface area contributed by atoms with Crippen LogP contribution in [0.25, 0.3) is 30.8 Å². The van der Waals surface area contributed by atoms with Crippen LogP contribution in [0.5, 0.6) is 0 Å². The molecule has 0 unspecified atom stereocenters. The minimum atomic E-state index is -10.7. The van der Waals surface area contributed by atoms with Crippen molar-refractivity contribution >= 4 is 37.6 Å². The molecule has 0 atom stereocenters. The minimum absolute atomic E-state index is 0.347. The Morgan fingerprint density at radius 2 is 1.49 bits per heavy atom. The van der Waals surface area contributed by atoms with Crippen molar-refractivity contribution < 1.29 is 25.2 Å². The zero-order valence-corrected chi connectivity index (χ0v) is 23.1. The summed E-state index contributed by atoms with van der Waals surface area (Å²) in [5.41, 5.74) is 9.10.